The second-order valence-electron chi connectivity index (χ2n) is 3.58. The van der Waals surface area contributed by atoms with E-state index >= 15 is 0 Å². The standard InChI is InChI=1S/C11H17FN2S/c1-14(2)6-7-15-11-9(8-13)4-3-5-10(11)12/h3-5H,6-8,13H2,1-2H3. The Labute approximate surface area is 94.6 Å². The first-order valence-electron chi connectivity index (χ1n) is 4.90. The fourth-order valence-electron chi connectivity index (χ4n) is 1.21. The minimum atomic E-state index is -0.165. The summed E-state index contributed by atoms with van der Waals surface area (Å²) < 4.78 is 13.5. The molecule has 1 rings (SSSR count). The number of rotatable bonds is 5. The normalized spacial score (nSPS) is 11.0. The van der Waals surface area contributed by atoms with E-state index in [-0.39, 0.29) is 5.82 Å². The third-order valence-corrected chi connectivity index (χ3v) is 3.19. The highest BCUT2D eigenvalue weighted by Crippen LogP contribution is 2.25. The second-order valence-corrected chi connectivity index (χ2v) is 4.69. The van der Waals surface area contributed by atoms with Crippen LogP contribution < -0.4 is 5.73 Å². The Morgan fingerprint density at radius 3 is 2.73 bits per heavy atom. The van der Waals surface area contributed by atoms with Crippen molar-refractivity contribution < 1.29 is 4.39 Å². The number of nitrogens with zero attached hydrogens (tertiary/aromatic N) is 1. The molecule has 0 spiro atoms. The van der Waals surface area contributed by atoms with Crippen molar-refractivity contribution in [2.45, 2.75) is 11.4 Å². The maximum absolute atomic E-state index is 13.5. The van der Waals surface area contributed by atoms with Gasteiger partial charge in [0.15, 0.2) is 0 Å². The van der Waals surface area contributed by atoms with Crippen LogP contribution in [0.25, 0.3) is 0 Å². The van der Waals surface area contributed by atoms with Crippen LogP contribution in [0.3, 0.4) is 0 Å². The van der Waals surface area contributed by atoms with Gasteiger partial charge in [-0.1, -0.05) is 12.1 Å². The lowest BCUT2D eigenvalue weighted by atomic mass is 10.2. The SMILES string of the molecule is CN(C)CCSc1c(F)cccc1CN. The molecule has 0 aliphatic heterocycles. The summed E-state index contributed by atoms with van der Waals surface area (Å²) in [6, 6.07) is 5.06. The Morgan fingerprint density at radius 1 is 1.40 bits per heavy atom. The molecule has 0 bridgehead atoms. The lowest BCUT2D eigenvalue weighted by molar-refractivity contribution is 0.437. The molecule has 0 radical (unpaired) electrons. The van der Waals surface area contributed by atoms with Gasteiger partial charge in [0.1, 0.15) is 5.82 Å². The van der Waals surface area contributed by atoms with Gasteiger partial charge < -0.3 is 10.6 Å². The largest absolute Gasteiger partial charge is 0.326 e. The molecular formula is C11H17FN2S. The molecule has 1 aromatic carbocycles. The molecule has 4 heteroatoms. The first-order valence-corrected chi connectivity index (χ1v) is 5.88. The Bertz CT molecular complexity index is 315. The van der Waals surface area contributed by atoms with Crippen LogP contribution in [0.15, 0.2) is 23.1 Å². The predicted molar refractivity (Wildman–Crippen MR) is 63.6 cm³/mol. The fourth-order valence-corrected chi connectivity index (χ4v) is 2.41. The van der Waals surface area contributed by atoms with Gasteiger partial charge in [-0.2, -0.15) is 0 Å². The first-order chi connectivity index (χ1) is 7.15. The summed E-state index contributed by atoms with van der Waals surface area (Å²) in [5.41, 5.74) is 6.45. The maximum Gasteiger partial charge on any atom is 0.137 e. The molecule has 0 saturated carbocycles. The van der Waals surface area contributed by atoms with E-state index in [2.05, 4.69) is 4.90 Å². The summed E-state index contributed by atoms with van der Waals surface area (Å²) in [5.74, 6) is 0.711. The molecule has 0 heterocycles. The van der Waals surface area contributed by atoms with Gasteiger partial charge >= 0.3 is 0 Å². The van der Waals surface area contributed by atoms with Crippen molar-refractivity contribution in [3.63, 3.8) is 0 Å². The Morgan fingerprint density at radius 2 is 2.13 bits per heavy atom. The van der Waals surface area contributed by atoms with Crippen LogP contribution in [0.4, 0.5) is 4.39 Å². The van der Waals surface area contributed by atoms with E-state index in [1.54, 1.807) is 6.07 Å². The molecule has 0 amide bonds. The van der Waals surface area contributed by atoms with E-state index in [4.69, 9.17) is 5.73 Å². The van der Waals surface area contributed by atoms with Crippen molar-refractivity contribution in [3.8, 4) is 0 Å². The zero-order valence-electron chi connectivity index (χ0n) is 9.16. The zero-order valence-corrected chi connectivity index (χ0v) is 9.98. The monoisotopic (exact) mass is 228 g/mol. The van der Waals surface area contributed by atoms with Gasteiger partial charge in [0, 0.05) is 23.7 Å². The minimum absolute atomic E-state index is 0.165. The summed E-state index contributed by atoms with van der Waals surface area (Å²) in [5, 5.41) is 0. The van der Waals surface area contributed by atoms with Crippen molar-refractivity contribution in [1.29, 1.82) is 0 Å². The van der Waals surface area contributed by atoms with Gasteiger partial charge in [-0.25, -0.2) is 4.39 Å². The number of thioether (sulfide) groups is 1. The number of nitrogens with two attached hydrogens (primary N) is 1. The molecule has 0 saturated heterocycles. The topological polar surface area (TPSA) is 29.3 Å². The summed E-state index contributed by atoms with van der Waals surface area (Å²) in [6.07, 6.45) is 0. The fraction of sp³-hybridized carbons (Fsp3) is 0.455. The molecule has 15 heavy (non-hydrogen) atoms. The quantitative estimate of drug-likeness (QED) is 0.781. The van der Waals surface area contributed by atoms with Crippen LogP contribution >= 0.6 is 11.8 Å². The maximum atomic E-state index is 13.5. The van der Waals surface area contributed by atoms with E-state index in [9.17, 15) is 4.39 Å². The van der Waals surface area contributed by atoms with Gasteiger partial charge in [-0.15, -0.1) is 11.8 Å². The number of hydrogen-bond donors (Lipinski definition) is 1. The first kappa shape index (κ1) is 12.5. The second kappa shape index (κ2) is 6.10. The third kappa shape index (κ3) is 3.81. The average Bonchev–Trinajstić information content (AvgIpc) is 2.20. The third-order valence-electron chi connectivity index (χ3n) is 2.05. The molecular weight excluding hydrogens is 211 g/mol. The van der Waals surface area contributed by atoms with Crippen LogP contribution in [-0.2, 0) is 6.54 Å². The predicted octanol–water partition coefficient (Wildman–Crippen LogP) is 1.94. The van der Waals surface area contributed by atoms with E-state index in [1.165, 1.54) is 17.8 Å². The van der Waals surface area contributed by atoms with Crippen molar-refractivity contribution >= 4 is 11.8 Å². The smallest absolute Gasteiger partial charge is 0.137 e. The van der Waals surface area contributed by atoms with Crippen LogP contribution in [0.2, 0.25) is 0 Å². The molecule has 0 aromatic heterocycles. The Hall–Kier alpha value is -0.580. The molecule has 0 aliphatic carbocycles. The zero-order chi connectivity index (χ0) is 11.3. The van der Waals surface area contributed by atoms with Crippen molar-refractivity contribution in [3.05, 3.63) is 29.6 Å². The van der Waals surface area contributed by atoms with Gasteiger partial charge in [0.05, 0.1) is 0 Å². The minimum Gasteiger partial charge on any atom is -0.326 e. The van der Waals surface area contributed by atoms with E-state index in [0.717, 1.165) is 17.9 Å². The summed E-state index contributed by atoms with van der Waals surface area (Å²) in [4.78, 5) is 2.78. The number of halogens is 1. The highest BCUT2D eigenvalue weighted by molar-refractivity contribution is 7.99. The summed E-state index contributed by atoms with van der Waals surface area (Å²) in [7, 11) is 4.01. The molecule has 84 valence electrons. The highest BCUT2D eigenvalue weighted by Gasteiger charge is 2.07. The van der Waals surface area contributed by atoms with E-state index in [1.807, 2.05) is 20.2 Å². The van der Waals surface area contributed by atoms with Gasteiger partial charge in [-0.3, -0.25) is 0 Å². The van der Waals surface area contributed by atoms with Crippen LogP contribution in [0, 0.1) is 5.82 Å². The lowest BCUT2D eigenvalue weighted by Gasteiger charge is -2.11. The number of hydrogen-bond acceptors (Lipinski definition) is 3. The van der Waals surface area contributed by atoms with Crippen LogP contribution in [0.5, 0.6) is 0 Å². The molecule has 1 aromatic rings. The van der Waals surface area contributed by atoms with Crippen LogP contribution in [0.1, 0.15) is 5.56 Å². The molecule has 2 nitrogen and oxygen atoms in total. The van der Waals surface area contributed by atoms with Crippen LogP contribution in [-0.4, -0.2) is 31.3 Å². The summed E-state index contributed by atoms with van der Waals surface area (Å²) in [6.45, 7) is 1.32. The van der Waals surface area contributed by atoms with Gasteiger partial charge in [-0.05, 0) is 25.7 Å². The number of benzene rings is 1. The average molecular weight is 228 g/mol. The molecule has 0 fully saturated rings. The van der Waals surface area contributed by atoms with E-state index in [0.29, 0.717) is 11.4 Å². The molecule has 0 unspecified atom stereocenters. The Balaban J connectivity index is 2.66. The van der Waals surface area contributed by atoms with Crippen molar-refractivity contribution in [2.24, 2.45) is 5.73 Å². The molecule has 2 N–H and O–H groups in total. The lowest BCUT2D eigenvalue weighted by Crippen LogP contribution is -2.15. The molecule has 0 aliphatic rings. The van der Waals surface area contributed by atoms with Crippen molar-refractivity contribution in [2.75, 3.05) is 26.4 Å². The van der Waals surface area contributed by atoms with E-state index < -0.39 is 0 Å². The highest BCUT2D eigenvalue weighted by atomic mass is 32.2. The van der Waals surface area contributed by atoms with Gasteiger partial charge in [0.25, 0.3) is 0 Å². The van der Waals surface area contributed by atoms with Gasteiger partial charge in [0.2, 0.25) is 0 Å². The molecule has 0 atom stereocenters. The van der Waals surface area contributed by atoms with Crippen molar-refractivity contribution in [1.82, 2.24) is 4.90 Å². The summed E-state index contributed by atoms with van der Waals surface area (Å²) >= 11 is 1.53. The Kier molecular flexibility index (Phi) is 5.08.